The van der Waals surface area contributed by atoms with Gasteiger partial charge in [0, 0.05) is 67.8 Å². The molecule has 6 heteroatoms. The molecule has 170 valence electrons. The summed E-state index contributed by atoms with van der Waals surface area (Å²) in [5.74, 6) is 1.77. The zero-order chi connectivity index (χ0) is 23.2. The minimum absolute atomic E-state index is 0.742. The smallest absolute Gasteiger partial charge is 0.129 e. The molecule has 0 bridgehead atoms. The van der Waals surface area contributed by atoms with Gasteiger partial charge in [-0.05, 0) is 69.1 Å². The van der Waals surface area contributed by atoms with Crippen molar-refractivity contribution in [3.8, 4) is 11.1 Å². The summed E-state index contributed by atoms with van der Waals surface area (Å²) in [6.45, 7) is 10.1. The first-order chi connectivity index (χ1) is 16.0. The molecule has 4 rings (SSSR count). The van der Waals surface area contributed by atoms with Crippen LogP contribution in [0.4, 0.5) is 5.82 Å². The number of hydrogen-bond donors (Lipinski definition) is 0. The maximum Gasteiger partial charge on any atom is 0.129 e. The Labute approximate surface area is 196 Å². The molecule has 0 aromatic carbocycles. The Bertz CT molecular complexity index is 1150. The van der Waals surface area contributed by atoms with Crippen LogP contribution in [0, 0.1) is 6.92 Å². The van der Waals surface area contributed by atoms with Crippen molar-refractivity contribution in [2.75, 3.05) is 38.1 Å². The van der Waals surface area contributed by atoms with Crippen LogP contribution in [-0.2, 0) is 0 Å². The van der Waals surface area contributed by atoms with Gasteiger partial charge in [-0.2, -0.15) is 0 Å². The summed E-state index contributed by atoms with van der Waals surface area (Å²) in [4.78, 5) is 23.0. The number of nitrogens with zero attached hydrogens (tertiary/aromatic N) is 6. The van der Waals surface area contributed by atoms with Crippen LogP contribution in [0.2, 0.25) is 0 Å². The molecule has 0 saturated carbocycles. The van der Waals surface area contributed by atoms with Crippen molar-refractivity contribution in [2.24, 2.45) is 9.98 Å². The maximum atomic E-state index is 4.76. The number of rotatable bonds is 4. The molecule has 0 radical (unpaired) electrons. The number of aromatic nitrogens is 2. The van der Waals surface area contributed by atoms with Crippen LogP contribution in [0.5, 0.6) is 0 Å². The lowest BCUT2D eigenvalue weighted by atomic mass is 9.94. The zero-order valence-electron chi connectivity index (χ0n) is 20.0. The number of aryl methyl sites for hydroxylation is 1. The third kappa shape index (κ3) is 5.52. The van der Waals surface area contributed by atoms with Gasteiger partial charge in [0.05, 0.1) is 0 Å². The van der Waals surface area contributed by atoms with E-state index in [0.29, 0.717) is 0 Å². The Balaban J connectivity index is 1.67. The molecular formula is C27H32N6. The van der Waals surface area contributed by atoms with E-state index in [1.807, 2.05) is 37.8 Å². The maximum absolute atomic E-state index is 4.76. The van der Waals surface area contributed by atoms with Gasteiger partial charge in [0.1, 0.15) is 11.7 Å². The number of hydrogen-bond acceptors (Lipinski definition) is 6. The summed E-state index contributed by atoms with van der Waals surface area (Å²) in [6, 6.07) is 6.48. The highest BCUT2D eigenvalue weighted by molar-refractivity contribution is 6.05. The largest absolute Gasteiger partial charge is 0.354 e. The van der Waals surface area contributed by atoms with Crippen molar-refractivity contribution in [1.82, 2.24) is 14.9 Å². The van der Waals surface area contributed by atoms with Crippen molar-refractivity contribution in [3.05, 3.63) is 71.9 Å². The minimum atomic E-state index is 0.742. The van der Waals surface area contributed by atoms with Crippen LogP contribution in [-0.4, -0.2) is 60.1 Å². The molecule has 1 saturated heterocycles. The standard InChI is InChI=1S/C27H32N6/c1-5-25(23-8-6-7-10-28-21(3)31-18-23)26-16-24(19-30-20(26)2)22-9-11-29-27(17-22)33-14-12-32(4)13-15-33/h5,7-11,16-19H,6,12-15H2,1-4H3/b10-7-,23-8+,25-5-,28-21?,31-18?. The molecule has 2 aromatic rings. The predicted molar refractivity (Wildman–Crippen MR) is 139 cm³/mol. The van der Waals surface area contributed by atoms with E-state index in [-0.39, 0.29) is 0 Å². The first kappa shape index (κ1) is 22.8. The average Bonchev–Trinajstić information content (AvgIpc) is 2.94. The van der Waals surface area contributed by atoms with Gasteiger partial charge in [0.25, 0.3) is 0 Å². The lowest BCUT2D eigenvalue weighted by Gasteiger charge is -2.33. The summed E-state index contributed by atoms with van der Waals surface area (Å²) in [7, 11) is 2.17. The molecule has 2 aliphatic rings. The van der Waals surface area contributed by atoms with Gasteiger partial charge in [-0.1, -0.05) is 18.2 Å². The van der Waals surface area contributed by atoms with E-state index in [9.17, 15) is 0 Å². The molecule has 6 nitrogen and oxygen atoms in total. The fraction of sp³-hybridized carbons (Fsp3) is 0.333. The fourth-order valence-electron chi connectivity index (χ4n) is 4.09. The topological polar surface area (TPSA) is 57.0 Å². The summed E-state index contributed by atoms with van der Waals surface area (Å²) in [5, 5.41) is 0. The van der Waals surface area contributed by atoms with Gasteiger partial charge in [0.2, 0.25) is 0 Å². The van der Waals surface area contributed by atoms with Crippen molar-refractivity contribution in [3.63, 3.8) is 0 Å². The molecule has 4 heterocycles. The molecular weight excluding hydrogens is 408 g/mol. The monoisotopic (exact) mass is 440 g/mol. The van der Waals surface area contributed by atoms with E-state index >= 15 is 0 Å². The summed E-state index contributed by atoms with van der Waals surface area (Å²) in [5.41, 5.74) is 6.53. The molecule has 0 N–H and O–H groups in total. The van der Waals surface area contributed by atoms with Crippen molar-refractivity contribution in [1.29, 1.82) is 0 Å². The zero-order valence-corrected chi connectivity index (χ0v) is 20.0. The highest BCUT2D eigenvalue weighted by atomic mass is 15.3. The van der Waals surface area contributed by atoms with Gasteiger partial charge >= 0.3 is 0 Å². The lowest BCUT2D eigenvalue weighted by molar-refractivity contribution is 0.312. The van der Waals surface area contributed by atoms with E-state index in [4.69, 9.17) is 4.98 Å². The molecule has 0 spiro atoms. The van der Waals surface area contributed by atoms with Gasteiger partial charge in [-0.25, -0.2) is 15.0 Å². The van der Waals surface area contributed by atoms with Gasteiger partial charge in [-0.15, -0.1) is 0 Å². The molecule has 1 fully saturated rings. The van der Waals surface area contributed by atoms with E-state index < -0.39 is 0 Å². The van der Waals surface area contributed by atoms with Crippen molar-refractivity contribution >= 4 is 23.4 Å². The van der Waals surface area contributed by atoms with Crippen LogP contribution >= 0.6 is 0 Å². The Morgan fingerprint density at radius 2 is 1.85 bits per heavy atom. The predicted octanol–water partition coefficient (Wildman–Crippen LogP) is 4.94. The van der Waals surface area contributed by atoms with E-state index in [0.717, 1.165) is 77.8 Å². The lowest BCUT2D eigenvalue weighted by Crippen LogP contribution is -2.44. The van der Waals surface area contributed by atoms with Gasteiger partial charge < -0.3 is 9.80 Å². The highest BCUT2D eigenvalue weighted by Gasteiger charge is 2.17. The van der Waals surface area contributed by atoms with Gasteiger partial charge in [-0.3, -0.25) is 4.98 Å². The first-order valence-corrected chi connectivity index (χ1v) is 11.5. The highest BCUT2D eigenvalue weighted by Crippen LogP contribution is 2.30. The number of piperazine rings is 1. The second-order valence-electron chi connectivity index (χ2n) is 8.47. The molecule has 0 aliphatic carbocycles. The Kier molecular flexibility index (Phi) is 7.25. The number of anilines is 1. The number of likely N-dealkylation sites (N-methyl/N-ethyl adjacent to an activating group) is 1. The summed E-state index contributed by atoms with van der Waals surface area (Å²) >= 11 is 0. The molecule has 0 unspecified atom stereocenters. The fourth-order valence-corrected chi connectivity index (χ4v) is 4.09. The summed E-state index contributed by atoms with van der Waals surface area (Å²) < 4.78 is 0. The second kappa shape index (κ2) is 10.5. The third-order valence-corrected chi connectivity index (χ3v) is 6.11. The number of allylic oxidation sites excluding steroid dienone is 5. The molecule has 2 aliphatic heterocycles. The normalized spacial score (nSPS) is 20.4. The molecule has 33 heavy (non-hydrogen) atoms. The first-order valence-electron chi connectivity index (χ1n) is 11.5. The van der Waals surface area contributed by atoms with Crippen LogP contribution in [0.1, 0.15) is 31.5 Å². The Morgan fingerprint density at radius 1 is 1.03 bits per heavy atom. The average molecular weight is 441 g/mol. The Hall–Kier alpha value is -3.38. The third-order valence-electron chi connectivity index (χ3n) is 6.11. The minimum Gasteiger partial charge on any atom is -0.354 e. The Morgan fingerprint density at radius 3 is 2.64 bits per heavy atom. The van der Waals surface area contributed by atoms with E-state index in [1.165, 1.54) is 0 Å². The van der Waals surface area contributed by atoms with E-state index in [2.05, 4.69) is 76.0 Å². The molecule has 0 atom stereocenters. The van der Waals surface area contributed by atoms with Crippen molar-refractivity contribution in [2.45, 2.75) is 27.2 Å². The number of pyridine rings is 2. The van der Waals surface area contributed by atoms with Crippen LogP contribution in [0.25, 0.3) is 16.7 Å². The molecule has 2 aromatic heterocycles. The van der Waals surface area contributed by atoms with E-state index in [1.54, 1.807) is 0 Å². The quantitative estimate of drug-likeness (QED) is 0.676. The van der Waals surface area contributed by atoms with Gasteiger partial charge in [0.15, 0.2) is 0 Å². The molecule has 0 amide bonds. The summed E-state index contributed by atoms with van der Waals surface area (Å²) in [6.07, 6.45) is 14.8. The number of aliphatic imine (C=N–C) groups is 2. The van der Waals surface area contributed by atoms with Crippen LogP contribution in [0.3, 0.4) is 0 Å². The van der Waals surface area contributed by atoms with Crippen molar-refractivity contribution < 1.29 is 0 Å². The second-order valence-corrected chi connectivity index (χ2v) is 8.47. The SMILES string of the molecule is C/C=C(/C1=C/C/C=C\N=C(C)N=C1)c1cc(-c2ccnc(N3CCN(C)CC3)c2)cnc1C. The van der Waals surface area contributed by atoms with Crippen LogP contribution in [0.15, 0.2) is 70.6 Å². The number of amidine groups is 1. The van der Waals surface area contributed by atoms with Crippen LogP contribution < -0.4 is 4.90 Å².